The number of ether oxygens (including phenoxy) is 2. The van der Waals surface area contributed by atoms with E-state index in [1.807, 2.05) is 13.8 Å². The predicted octanol–water partition coefficient (Wildman–Crippen LogP) is 4.08. The highest BCUT2D eigenvalue weighted by Gasteiger charge is 2.20. The van der Waals surface area contributed by atoms with Crippen LogP contribution < -0.4 is 19.5 Å². The summed E-state index contributed by atoms with van der Waals surface area (Å²) in [4.78, 5) is 12.8. The van der Waals surface area contributed by atoms with Crippen molar-refractivity contribution in [1.29, 1.82) is 0 Å². The van der Waals surface area contributed by atoms with Crippen molar-refractivity contribution in [3.8, 4) is 11.5 Å². The monoisotopic (exact) mass is 440 g/mol. The first-order valence-corrected chi connectivity index (χ1v) is 11.1. The Hall–Kier alpha value is -2.29. The minimum absolute atomic E-state index is 0.0301. The molecule has 0 aliphatic heterocycles. The zero-order chi connectivity index (χ0) is 21.6. The van der Waals surface area contributed by atoms with Crippen molar-refractivity contribution >= 4 is 33.2 Å². The van der Waals surface area contributed by atoms with E-state index in [-0.39, 0.29) is 21.5 Å². The van der Waals surface area contributed by atoms with Crippen molar-refractivity contribution in [2.45, 2.75) is 38.6 Å². The van der Waals surface area contributed by atoms with Crippen molar-refractivity contribution in [1.82, 2.24) is 4.72 Å². The molecule has 0 aliphatic rings. The molecule has 0 bridgehead atoms. The van der Waals surface area contributed by atoms with Gasteiger partial charge < -0.3 is 14.8 Å². The normalized spacial score (nSPS) is 11.4. The molecule has 2 rings (SSSR count). The summed E-state index contributed by atoms with van der Waals surface area (Å²) >= 11 is 6.16. The molecule has 2 aromatic carbocycles. The van der Waals surface area contributed by atoms with E-state index in [1.165, 1.54) is 18.2 Å². The van der Waals surface area contributed by atoms with Gasteiger partial charge in [0.15, 0.2) is 0 Å². The van der Waals surface area contributed by atoms with Gasteiger partial charge in [0.25, 0.3) is 5.91 Å². The van der Waals surface area contributed by atoms with E-state index in [4.69, 9.17) is 21.1 Å². The Morgan fingerprint density at radius 1 is 1.07 bits per heavy atom. The Kier molecular flexibility index (Phi) is 7.89. The highest BCUT2D eigenvalue weighted by atomic mass is 35.5. The standard InChI is InChI=1S/C20H25ClN2O5S/c1-5-27-14-7-10-19(28-6-2)18(11-14)22-20(24)16-12-15(8-9-17(16)21)29(25,26)23-13(3)4/h7-13,23H,5-6H2,1-4H3,(H,22,24). The summed E-state index contributed by atoms with van der Waals surface area (Å²) in [6.07, 6.45) is 0. The van der Waals surface area contributed by atoms with Gasteiger partial charge in [-0.05, 0) is 58.0 Å². The quantitative estimate of drug-likeness (QED) is 0.612. The van der Waals surface area contributed by atoms with E-state index in [1.54, 1.807) is 32.0 Å². The SMILES string of the molecule is CCOc1ccc(OCC)c(NC(=O)c2cc(S(=O)(=O)NC(C)C)ccc2Cl)c1. The lowest BCUT2D eigenvalue weighted by Crippen LogP contribution is -2.30. The summed E-state index contributed by atoms with van der Waals surface area (Å²) in [5.41, 5.74) is 0.426. The number of nitrogens with one attached hydrogen (secondary N) is 2. The lowest BCUT2D eigenvalue weighted by atomic mass is 10.2. The molecule has 7 nitrogen and oxygen atoms in total. The molecule has 1 amide bonds. The first kappa shape index (κ1) is 23.0. The van der Waals surface area contributed by atoms with Crippen LogP contribution >= 0.6 is 11.6 Å². The van der Waals surface area contributed by atoms with Gasteiger partial charge in [-0.2, -0.15) is 0 Å². The summed E-state index contributed by atoms with van der Waals surface area (Å²) in [6.45, 7) is 7.98. The maximum Gasteiger partial charge on any atom is 0.257 e. The number of rotatable bonds is 9. The van der Waals surface area contributed by atoms with Crippen LogP contribution in [0.25, 0.3) is 0 Å². The van der Waals surface area contributed by atoms with Crippen molar-refractivity contribution in [2.75, 3.05) is 18.5 Å². The Bertz CT molecular complexity index is 977. The van der Waals surface area contributed by atoms with Gasteiger partial charge in [-0.25, -0.2) is 13.1 Å². The summed E-state index contributed by atoms with van der Waals surface area (Å²) in [7, 11) is -3.77. The molecule has 0 radical (unpaired) electrons. The number of amides is 1. The van der Waals surface area contributed by atoms with Crippen LogP contribution in [0.2, 0.25) is 5.02 Å². The molecule has 0 atom stereocenters. The third-order valence-corrected chi connectivity index (χ3v) is 5.68. The molecule has 0 saturated carbocycles. The van der Waals surface area contributed by atoms with Gasteiger partial charge in [-0.3, -0.25) is 4.79 Å². The van der Waals surface area contributed by atoms with Crippen molar-refractivity contribution in [3.05, 3.63) is 47.0 Å². The Morgan fingerprint density at radius 3 is 2.38 bits per heavy atom. The number of hydrogen-bond acceptors (Lipinski definition) is 5. The van der Waals surface area contributed by atoms with E-state index < -0.39 is 15.9 Å². The summed E-state index contributed by atoms with van der Waals surface area (Å²) in [6, 6.07) is 8.76. The Labute approximate surface area is 176 Å². The molecule has 0 aromatic heterocycles. The maximum absolute atomic E-state index is 12.9. The topological polar surface area (TPSA) is 93.7 Å². The van der Waals surface area contributed by atoms with Crippen LogP contribution in [0.5, 0.6) is 11.5 Å². The number of benzene rings is 2. The Balaban J connectivity index is 2.38. The number of anilines is 1. The van der Waals surface area contributed by atoms with Crippen LogP contribution in [0.4, 0.5) is 5.69 Å². The largest absolute Gasteiger partial charge is 0.494 e. The maximum atomic E-state index is 12.9. The van der Waals surface area contributed by atoms with Gasteiger partial charge in [-0.15, -0.1) is 0 Å². The zero-order valence-corrected chi connectivity index (χ0v) is 18.4. The van der Waals surface area contributed by atoms with E-state index in [9.17, 15) is 13.2 Å². The van der Waals surface area contributed by atoms with Crippen LogP contribution in [0, 0.1) is 0 Å². The molecule has 0 aliphatic carbocycles. The number of hydrogen-bond donors (Lipinski definition) is 2. The first-order valence-electron chi connectivity index (χ1n) is 9.20. The second-order valence-electron chi connectivity index (χ2n) is 6.40. The first-order chi connectivity index (χ1) is 13.7. The zero-order valence-electron chi connectivity index (χ0n) is 16.8. The molecule has 0 saturated heterocycles. The molecular weight excluding hydrogens is 416 g/mol. The van der Waals surface area contributed by atoms with Crippen molar-refractivity contribution < 1.29 is 22.7 Å². The van der Waals surface area contributed by atoms with Crippen LogP contribution in [0.1, 0.15) is 38.1 Å². The fraction of sp³-hybridized carbons (Fsp3) is 0.350. The summed E-state index contributed by atoms with van der Waals surface area (Å²) < 4.78 is 38.3. The van der Waals surface area contributed by atoms with Crippen LogP contribution in [-0.4, -0.2) is 33.6 Å². The lowest BCUT2D eigenvalue weighted by Gasteiger charge is -2.15. The van der Waals surface area contributed by atoms with Gasteiger partial charge in [0.05, 0.1) is 34.4 Å². The molecule has 29 heavy (non-hydrogen) atoms. The minimum Gasteiger partial charge on any atom is -0.494 e. The minimum atomic E-state index is -3.77. The van der Waals surface area contributed by atoms with Crippen LogP contribution in [-0.2, 0) is 10.0 Å². The van der Waals surface area contributed by atoms with E-state index in [0.29, 0.717) is 30.4 Å². The number of carbonyl (C=O) groups is 1. The average molecular weight is 441 g/mol. The molecule has 0 spiro atoms. The molecule has 2 N–H and O–H groups in total. The third-order valence-electron chi connectivity index (χ3n) is 3.69. The third kappa shape index (κ3) is 6.09. The molecule has 0 heterocycles. The molecule has 2 aromatic rings. The van der Waals surface area contributed by atoms with Gasteiger partial charge >= 0.3 is 0 Å². The van der Waals surface area contributed by atoms with Crippen LogP contribution in [0.15, 0.2) is 41.3 Å². The predicted molar refractivity (Wildman–Crippen MR) is 114 cm³/mol. The van der Waals surface area contributed by atoms with Gasteiger partial charge in [0.2, 0.25) is 10.0 Å². The number of sulfonamides is 1. The van der Waals surface area contributed by atoms with Gasteiger partial charge in [0, 0.05) is 12.1 Å². The van der Waals surface area contributed by atoms with Crippen LogP contribution in [0.3, 0.4) is 0 Å². The summed E-state index contributed by atoms with van der Waals surface area (Å²) in [5.74, 6) is 0.465. The highest BCUT2D eigenvalue weighted by Crippen LogP contribution is 2.31. The Morgan fingerprint density at radius 2 is 1.76 bits per heavy atom. The molecule has 0 fully saturated rings. The number of carbonyl (C=O) groups excluding carboxylic acids is 1. The van der Waals surface area contributed by atoms with E-state index in [2.05, 4.69) is 10.0 Å². The fourth-order valence-electron chi connectivity index (χ4n) is 2.56. The van der Waals surface area contributed by atoms with Crippen molar-refractivity contribution in [3.63, 3.8) is 0 Å². The van der Waals surface area contributed by atoms with E-state index >= 15 is 0 Å². The highest BCUT2D eigenvalue weighted by molar-refractivity contribution is 7.89. The second-order valence-corrected chi connectivity index (χ2v) is 8.52. The summed E-state index contributed by atoms with van der Waals surface area (Å²) in [5, 5.41) is 2.86. The molecular formula is C20H25ClN2O5S. The number of halogens is 1. The van der Waals surface area contributed by atoms with E-state index in [0.717, 1.165) is 0 Å². The van der Waals surface area contributed by atoms with Gasteiger partial charge in [-0.1, -0.05) is 11.6 Å². The molecule has 158 valence electrons. The van der Waals surface area contributed by atoms with Crippen molar-refractivity contribution in [2.24, 2.45) is 0 Å². The second kappa shape index (κ2) is 9.96. The average Bonchev–Trinajstić information content (AvgIpc) is 2.63. The molecule has 9 heteroatoms. The lowest BCUT2D eigenvalue weighted by molar-refractivity contribution is 0.102. The smallest absolute Gasteiger partial charge is 0.257 e. The fourth-order valence-corrected chi connectivity index (χ4v) is 4.04. The van der Waals surface area contributed by atoms with Gasteiger partial charge in [0.1, 0.15) is 11.5 Å². The molecule has 0 unspecified atom stereocenters.